The summed E-state index contributed by atoms with van der Waals surface area (Å²) in [4.78, 5) is 0. The van der Waals surface area contributed by atoms with Gasteiger partial charge in [-0.1, -0.05) is 60.8 Å². The first-order valence-corrected chi connectivity index (χ1v) is 7.26. The Labute approximate surface area is 113 Å². The van der Waals surface area contributed by atoms with Crippen molar-refractivity contribution in [2.24, 2.45) is 11.1 Å². The van der Waals surface area contributed by atoms with E-state index < -0.39 is 0 Å². The molecule has 1 atom stereocenters. The van der Waals surface area contributed by atoms with Crippen LogP contribution >= 0.6 is 15.9 Å². The van der Waals surface area contributed by atoms with Crippen LogP contribution in [0.2, 0.25) is 0 Å². The van der Waals surface area contributed by atoms with Crippen molar-refractivity contribution in [1.29, 1.82) is 0 Å². The van der Waals surface area contributed by atoms with Gasteiger partial charge < -0.3 is 5.73 Å². The molecule has 0 aliphatic heterocycles. The van der Waals surface area contributed by atoms with Gasteiger partial charge in [-0.3, -0.25) is 0 Å². The summed E-state index contributed by atoms with van der Waals surface area (Å²) in [6.45, 7) is 4.64. The predicted octanol–water partition coefficient (Wildman–Crippen LogP) is 4.29. The third-order valence-corrected chi connectivity index (χ3v) is 5.26. The number of halogens is 1. The lowest BCUT2D eigenvalue weighted by Gasteiger charge is -2.48. The van der Waals surface area contributed by atoms with Crippen molar-refractivity contribution < 1.29 is 0 Å². The number of rotatable bonds is 2. The van der Waals surface area contributed by atoms with Gasteiger partial charge in [0.2, 0.25) is 0 Å². The van der Waals surface area contributed by atoms with Crippen LogP contribution in [0.3, 0.4) is 0 Å². The molecule has 1 aromatic rings. The Morgan fingerprint density at radius 1 is 1.18 bits per heavy atom. The topological polar surface area (TPSA) is 26.0 Å². The van der Waals surface area contributed by atoms with Gasteiger partial charge >= 0.3 is 0 Å². The van der Waals surface area contributed by atoms with E-state index in [1.165, 1.54) is 29.3 Å². The molecule has 0 radical (unpaired) electrons. The number of nitrogens with two attached hydrogens (primary N) is 1. The minimum Gasteiger partial charge on any atom is -0.324 e. The molecule has 2 heteroatoms. The molecule has 94 valence electrons. The lowest BCUT2D eigenvalue weighted by atomic mass is 9.61. The monoisotopic (exact) mass is 295 g/mol. The van der Waals surface area contributed by atoms with E-state index in [4.69, 9.17) is 5.73 Å². The third kappa shape index (κ3) is 2.58. The van der Waals surface area contributed by atoms with Gasteiger partial charge in [0, 0.05) is 10.0 Å². The fraction of sp³-hybridized carbons (Fsp3) is 0.600. The van der Waals surface area contributed by atoms with E-state index >= 15 is 0 Å². The largest absolute Gasteiger partial charge is 0.324 e. The van der Waals surface area contributed by atoms with E-state index in [0.29, 0.717) is 0 Å². The molecule has 17 heavy (non-hydrogen) atoms. The Morgan fingerprint density at radius 2 is 1.82 bits per heavy atom. The first-order valence-electron chi connectivity index (χ1n) is 6.47. The van der Waals surface area contributed by atoms with E-state index in [1.54, 1.807) is 0 Å². The molecule has 1 fully saturated rings. The molecular weight excluding hydrogens is 274 g/mol. The van der Waals surface area contributed by atoms with Crippen molar-refractivity contribution in [3.63, 3.8) is 0 Å². The predicted molar refractivity (Wildman–Crippen MR) is 77.0 cm³/mol. The molecule has 2 N–H and O–H groups in total. The van der Waals surface area contributed by atoms with E-state index in [9.17, 15) is 0 Å². The summed E-state index contributed by atoms with van der Waals surface area (Å²) in [5.74, 6) is 0. The van der Waals surface area contributed by atoms with Crippen LogP contribution in [0.1, 0.15) is 45.1 Å². The average Bonchev–Trinajstić information content (AvgIpc) is 2.26. The summed E-state index contributed by atoms with van der Waals surface area (Å²) in [7, 11) is 0. The maximum Gasteiger partial charge on any atom is 0.0247 e. The summed E-state index contributed by atoms with van der Waals surface area (Å²) in [6, 6.07) is 8.44. The van der Waals surface area contributed by atoms with Gasteiger partial charge in [-0.2, -0.15) is 0 Å². The van der Waals surface area contributed by atoms with Crippen molar-refractivity contribution in [3.05, 3.63) is 34.3 Å². The summed E-state index contributed by atoms with van der Waals surface area (Å²) in [5.41, 5.74) is 8.23. The van der Waals surface area contributed by atoms with Crippen LogP contribution < -0.4 is 5.73 Å². The molecule has 1 aliphatic rings. The van der Waals surface area contributed by atoms with E-state index in [1.807, 2.05) is 0 Å². The molecular formula is C15H22BrN. The van der Waals surface area contributed by atoms with Crippen LogP contribution in [-0.4, -0.2) is 5.54 Å². The average molecular weight is 296 g/mol. The van der Waals surface area contributed by atoms with Crippen LogP contribution in [-0.2, 0) is 6.42 Å². The zero-order valence-corrected chi connectivity index (χ0v) is 12.4. The molecule has 2 rings (SSSR count). The molecule has 1 nitrogen and oxygen atoms in total. The molecule has 0 amide bonds. The Balaban J connectivity index is 2.24. The summed E-state index contributed by atoms with van der Waals surface area (Å²) >= 11 is 3.63. The van der Waals surface area contributed by atoms with Gasteiger partial charge in [-0.05, 0) is 36.3 Å². The lowest BCUT2D eigenvalue weighted by molar-refractivity contribution is 0.0989. The first-order chi connectivity index (χ1) is 7.95. The molecule has 1 unspecified atom stereocenters. The highest BCUT2D eigenvalue weighted by atomic mass is 79.9. The normalized spacial score (nSPS) is 28.0. The van der Waals surface area contributed by atoms with Gasteiger partial charge in [-0.25, -0.2) is 0 Å². The van der Waals surface area contributed by atoms with Crippen molar-refractivity contribution in [2.45, 2.75) is 51.5 Å². The molecule has 0 heterocycles. The number of hydrogen-bond donors (Lipinski definition) is 1. The van der Waals surface area contributed by atoms with E-state index in [-0.39, 0.29) is 11.0 Å². The SMILES string of the molecule is CC1(C)CCCCC1(N)Cc1ccccc1Br. The number of hydrogen-bond acceptors (Lipinski definition) is 1. The lowest BCUT2D eigenvalue weighted by Crippen LogP contribution is -2.56. The standard InChI is InChI=1S/C15H22BrN/c1-14(2)9-5-6-10-15(14,17)11-12-7-3-4-8-13(12)16/h3-4,7-8H,5-6,9-11,17H2,1-2H3. The first kappa shape index (κ1) is 13.1. The fourth-order valence-corrected chi connectivity index (χ4v) is 3.33. The Hall–Kier alpha value is -0.340. The van der Waals surface area contributed by atoms with E-state index in [0.717, 1.165) is 12.8 Å². The highest BCUT2D eigenvalue weighted by Crippen LogP contribution is 2.44. The highest BCUT2D eigenvalue weighted by molar-refractivity contribution is 9.10. The smallest absolute Gasteiger partial charge is 0.0247 e. The fourth-order valence-electron chi connectivity index (χ4n) is 2.90. The van der Waals surface area contributed by atoms with Crippen LogP contribution in [0.15, 0.2) is 28.7 Å². The van der Waals surface area contributed by atoms with Crippen LogP contribution in [0.25, 0.3) is 0 Å². The van der Waals surface area contributed by atoms with Crippen molar-refractivity contribution >= 4 is 15.9 Å². The second kappa shape index (κ2) is 4.74. The quantitative estimate of drug-likeness (QED) is 0.865. The van der Waals surface area contributed by atoms with Crippen LogP contribution in [0.5, 0.6) is 0 Å². The minimum absolute atomic E-state index is 0.0604. The van der Waals surface area contributed by atoms with Gasteiger partial charge in [-0.15, -0.1) is 0 Å². The van der Waals surface area contributed by atoms with Crippen LogP contribution in [0, 0.1) is 5.41 Å². The minimum atomic E-state index is -0.0604. The maximum absolute atomic E-state index is 6.72. The molecule has 1 aliphatic carbocycles. The zero-order valence-electron chi connectivity index (χ0n) is 10.8. The van der Waals surface area contributed by atoms with Crippen molar-refractivity contribution in [3.8, 4) is 0 Å². The Kier molecular flexibility index (Phi) is 3.65. The third-order valence-electron chi connectivity index (χ3n) is 4.49. The van der Waals surface area contributed by atoms with Crippen molar-refractivity contribution in [1.82, 2.24) is 0 Å². The molecule has 0 aromatic heterocycles. The summed E-state index contributed by atoms with van der Waals surface area (Å²) in [5, 5.41) is 0. The second-order valence-corrected chi connectivity index (χ2v) is 6.87. The molecule has 1 saturated carbocycles. The van der Waals surface area contributed by atoms with Crippen molar-refractivity contribution in [2.75, 3.05) is 0 Å². The summed E-state index contributed by atoms with van der Waals surface area (Å²) in [6.07, 6.45) is 5.95. The molecule has 0 spiro atoms. The van der Waals surface area contributed by atoms with Gasteiger partial charge in [0.15, 0.2) is 0 Å². The second-order valence-electron chi connectivity index (χ2n) is 6.02. The zero-order chi connectivity index (χ0) is 12.5. The van der Waals surface area contributed by atoms with Gasteiger partial charge in [0.05, 0.1) is 0 Å². The Morgan fingerprint density at radius 3 is 2.47 bits per heavy atom. The van der Waals surface area contributed by atoms with Gasteiger partial charge in [0.1, 0.15) is 0 Å². The van der Waals surface area contributed by atoms with Gasteiger partial charge in [0.25, 0.3) is 0 Å². The number of benzene rings is 1. The molecule has 0 saturated heterocycles. The molecule has 0 bridgehead atoms. The highest BCUT2D eigenvalue weighted by Gasteiger charge is 2.43. The van der Waals surface area contributed by atoms with E-state index in [2.05, 4.69) is 54.0 Å². The maximum atomic E-state index is 6.72. The summed E-state index contributed by atoms with van der Waals surface area (Å²) < 4.78 is 1.19. The molecule has 1 aromatic carbocycles. The Bertz CT molecular complexity index is 400. The van der Waals surface area contributed by atoms with Crippen LogP contribution in [0.4, 0.5) is 0 Å².